The lowest BCUT2D eigenvalue weighted by atomic mass is 10.1. The summed E-state index contributed by atoms with van der Waals surface area (Å²) < 4.78 is 17.3. The minimum absolute atomic E-state index is 0.0540. The minimum Gasteiger partial charge on any atom is -0.477 e. The Morgan fingerprint density at radius 2 is 0.914 bits per heavy atom. The molecule has 0 bridgehead atoms. The summed E-state index contributed by atoms with van der Waals surface area (Å²) in [6, 6.07) is -0.618. The Morgan fingerprint density at radius 1 is 0.517 bits per heavy atom. The van der Waals surface area contributed by atoms with Crippen molar-refractivity contribution in [1.29, 1.82) is 0 Å². The first-order valence-corrected chi connectivity index (χ1v) is 24.0. The summed E-state index contributed by atoms with van der Waals surface area (Å²) in [5.41, 5.74) is 0. The first-order chi connectivity index (χ1) is 28.1. The van der Waals surface area contributed by atoms with Crippen LogP contribution in [0.5, 0.6) is 0 Å². The molecule has 2 unspecified atom stereocenters. The van der Waals surface area contributed by atoms with Crippen LogP contribution < -0.4 is 0 Å². The Labute approximate surface area is 357 Å². The highest BCUT2D eigenvalue weighted by molar-refractivity contribution is 5.72. The van der Waals surface area contributed by atoms with Gasteiger partial charge in [-0.05, 0) is 64.2 Å². The fourth-order valence-electron chi connectivity index (χ4n) is 7.02. The van der Waals surface area contributed by atoms with Crippen LogP contribution in [0.15, 0.2) is 36.5 Å². The van der Waals surface area contributed by atoms with Gasteiger partial charge in [0, 0.05) is 19.3 Å². The van der Waals surface area contributed by atoms with Crippen LogP contribution in [0.25, 0.3) is 0 Å². The van der Waals surface area contributed by atoms with E-state index in [-0.39, 0.29) is 36.2 Å². The van der Waals surface area contributed by atoms with E-state index >= 15 is 0 Å². The van der Waals surface area contributed by atoms with Crippen molar-refractivity contribution >= 4 is 17.9 Å². The van der Waals surface area contributed by atoms with Gasteiger partial charge in [0.1, 0.15) is 6.61 Å². The molecule has 0 amide bonds. The number of hydrogen-bond donors (Lipinski definition) is 1. The van der Waals surface area contributed by atoms with E-state index in [0.29, 0.717) is 19.3 Å². The number of likely N-dealkylation sites (N-methyl/N-ethyl adjacent to an activating group) is 1. The van der Waals surface area contributed by atoms with Crippen molar-refractivity contribution in [3.05, 3.63) is 36.5 Å². The van der Waals surface area contributed by atoms with E-state index in [1.54, 1.807) is 0 Å². The highest BCUT2D eigenvalue weighted by Crippen LogP contribution is 2.14. The molecule has 0 aromatic carbocycles. The summed E-state index contributed by atoms with van der Waals surface area (Å²) >= 11 is 0. The lowest BCUT2D eigenvalue weighted by Gasteiger charge is -2.31. The first kappa shape index (κ1) is 55.5. The quantitative estimate of drug-likeness (QED) is 0.0215. The van der Waals surface area contributed by atoms with Gasteiger partial charge < -0.3 is 23.8 Å². The number of aliphatic carboxylic acids is 1. The van der Waals surface area contributed by atoms with Crippen molar-refractivity contribution in [2.45, 2.75) is 225 Å². The number of rotatable bonds is 43. The van der Waals surface area contributed by atoms with Crippen LogP contribution in [0.1, 0.15) is 213 Å². The predicted octanol–water partition coefficient (Wildman–Crippen LogP) is 13.4. The van der Waals surface area contributed by atoms with Crippen LogP contribution in [0.4, 0.5) is 0 Å². The minimum atomic E-state index is -0.878. The molecule has 0 saturated heterocycles. The second-order valence-corrected chi connectivity index (χ2v) is 17.4. The highest BCUT2D eigenvalue weighted by Gasteiger charge is 2.31. The molecular formula is C50H92NO7+. The molecule has 0 aliphatic rings. The number of quaternary nitrogens is 1. The van der Waals surface area contributed by atoms with Gasteiger partial charge in [-0.3, -0.25) is 9.59 Å². The van der Waals surface area contributed by atoms with Crippen molar-refractivity contribution in [1.82, 2.24) is 0 Å². The molecular weight excluding hydrogens is 727 g/mol. The second-order valence-electron chi connectivity index (χ2n) is 17.4. The van der Waals surface area contributed by atoms with Gasteiger partial charge >= 0.3 is 17.9 Å². The van der Waals surface area contributed by atoms with Gasteiger partial charge in [0.25, 0.3) is 0 Å². The molecule has 2 atom stereocenters. The van der Waals surface area contributed by atoms with Crippen LogP contribution >= 0.6 is 0 Å². The molecule has 0 rings (SSSR count). The molecule has 0 aromatic heterocycles. The van der Waals surface area contributed by atoms with E-state index in [1.807, 2.05) is 21.1 Å². The van der Waals surface area contributed by atoms with Crippen LogP contribution in [0.2, 0.25) is 0 Å². The molecule has 8 nitrogen and oxygen atoms in total. The number of ether oxygens (including phenoxy) is 3. The maximum Gasteiger partial charge on any atom is 0.362 e. The van der Waals surface area contributed by atoms with E-state index in [0.717, 1.165) is 70.6 Å². The summed E-state index contributed by atoms with van der Waals surface area (Å²) in [5, 5.41) is 9.63. The molecule has 0 aliphatic carbocycles. The van der Waals surface area contributed by atoms with Gasteiger partial charge in [0.15, 0.2) is 12.1 Å². The normalized spacial score (nSPS) is 13.2. The third-order valence-corrected chi connectivity index (χ3v) is 10.8. The average molecular weight is 819 g/mol. The molecule has 0 saturated carbocycles. The molecule has 58 heavy (non-hydrogen) atoms. The Bertz CT molecular complexity index is 1050. The number of carbonyl (C=O) groups is 3. The SMILES string of the molecule is CCCCCCCCC/C=C/C=C/CCCCCCCC(=O)OCC(COCCC(C(=O)O)[N+](C)(C)C)OC(=O)CCCCCCC/C=C/CCCCCCCCC. The topological polar surface area (TPSA) is 99.1 Å². The summed E-state index contributed by atoms with van der Waals surface area (Å²) in [4.78, 5) is 37.1. The third kappa shape index (κ3) is 39.0. The largest absolute Gasteiger partial charge is 0.477 e. The molecule has 0 aliphatic heterocycles. The Balaban J connectivity index is 4.33. The lowest BCUT2D eigenvalue weighted by molar-refractivity contribution is -0.887. The summed E-state index contributed by atoms with van der Waals surface area (Å²) in [7, 11) is 5.52. The number of esters is 2. The zero-order valence-electron chi connectivity index (χ0n) is 38.5. The van der Waals surface area contributed by atoms with E-state index in [2.05, 4.69) is 50.3 Å². The molecule has 0 heterocycles. The van der Waals surface area contributed by atoms with Gasteiger partial charge in [-0.2, -0.15) is 0 Å². The van der Waals surface area contributed by atoms with Gasteiger partial charge in [0.05, 0.1) is 34.4 Å². The fourth-order valence-corrected chi connectivity index (χ4v) is 7.02. The van der Waals surface area contributed by atoms with E-state index in [1.165, 1.54) is 109 Å². The first-order valence-electron chi connectivity index (χ1n) is 24.0. The second kappa shape index (κ2) is 41.3. The number of hydrogen-bond acceptors (Lipinski definition) is 6. The summed E-state index contributed by atoms with van der Waals surface area (Å²) in [5.74, 6) is -1.49. The zero-order chi connectivity index (χ0) is 42.8. The lowest BCUT2D eigenvalue weighted by Crippen LogP contribution is -2.50. The van der Waals surface area contributed by atoms with Crippen molar-refractivity contribution in [3.63, 3.8) is 0 Å². The van der Waals surface area contributed by atoms with Crippen molar-refractivity contribution in [2.24, 2.45) is 0 Å². The summed E-state index contributed by atoms with van der Waals surface area (Å²) in [6.45, 7) is 4.72. The van der Waals surface area contributed by atoms with Crippen molar-refractivity contribution < 1.29 is 38.2 Å². The molecule has 0 fully saturated rings. The van der Waals surface area contributed by atoms with Crippen LogP contribution in [-0.4, -0.2) is 80.6 Å². The number of unbranched alkanes of at least 4 members (excludes halogenated alkanes) is 24. The van der Waals surface area contributed by atoms with Gasteiger partial charge in [-0.15, -0.1) is 0 Å². The van der Waals surface area contributed by atoms with Gasteiger partial charge in [-0.25, -0.2) is 4.79 Å². The molecule has 338 valence electrons. The number of carbonyl (C=O) groups excluding carboxylic acids is 2. The van der Waals surface area contributed by atoms with Crippen molar-refractivity contribution in [3.8, 4) is 0 Å². The van der Waals surface area contributed by atoms with Gasteiger partial charge in [0.2, 0.25) is 0 Å². The van der Waals surface area contributed by atoms with Crippen LogP contribution in [0, 0.1) is 0 Å². The highest BCUT2D eigenvalue weighted by atomic mass is 16.6. The third-order valence-electron chi connectivity index (χ3n) is 10.8. The molecule has 0 spiro atoms. The standard InChI is InChI=1S/C50H91NO7/c1-6-8-10-12-14-16-18-20-22-24-25-27-28-30-32-34-36-38-40-48(52)57-45-46(44-56-43-42-47(50(54)55)51(3,4)5)58-49(53)41-39-37-35-33-31-29-26-23-21-19-17-15-13-11-9-7-2/h22-27,46-47H,6-21,28-45H2,1-5H3/p+1/b24-22+,26-23+,27-25+. The van der Waals surface area contributed by atoms with E-state index < -0.39 is 18.1 Å². The smallest absolute Gasteiger partial charge is 0.362 e. The van der Waals surface area contributed by atoms with E-state index in [9.17, 15) is 19.5 Å². The Hall–Kier alpha value is -2.45. The summed E-state index contributed by atoms with van der Waals surface area (Å²) in [6.07, 6.45) is 47.5. The van der Waals surface area contributed by atoms with Crippen LogP contribution in [-0.2, 0) is 28.6 Å². The Kier molecular flexibility index (Phi) is 39.5. The van der Waals surface area contributed by atoms with Gasteiger partial charge in [-0.1, -0.05) is 166 Å². The maximum absolute atomic E-state index is 12.7. The maximum atomic E-state index is 12.7. The average Bonchev–Trinajstić information content (AvgIpc) is 3.18. The zero-order valence-corrected chi connectivity index (χ0v) is 38.5. The monoisotopic (exact) mass is 819 g/mol. The molecule has 1 N–H and O–H groups in total. The van der Waals surface area contributed by atoms with E-state index in [4.69, 9.17) is 14.2 Å². The fraction of sp³-hybridized carbons (Fsp3) is 0.820. The number of carboxylic acids is 1. The molecule has 0 radical (unpaired) electrons. The number of nitrogens with zero attached hydrogens (tertiary/aromatic N) is 1. The molecule has 8 heteroatoms. The Morgan fingerprint density at radius 3 is 1.34 bits per heavy atom. The predicted molar refractivity (Wildman–Crippen MR) is 243 cm³/mol. The molecule has 0 aromatic rings. The number of carboxylic acid groups (broad SMARTS) is 1. The van der Waals surface area contributed by atoms with Crippen LogP contribution in [0.3, 0.4) is 0 Å². The van der Waals surface area contributed by atoms with Crippen molar-refractivity contribution in [2.75, 3.05) is 41.0 Å². The number of allylic oxidation sites excluding steroid dienone is 6.